The molecule has 1 unspecified atom stereocenters. The minimum Gasteiger partial charge on any atom is -0.481 e. The molecule has 0 spiro atoms. The number of carbonyl (C=O) groups is 2. The maximum absolute atomic E-state index is 12.4. The summed E-state index contributed by atoms with van der Waals surface area (Å²) in [7, 11) is 0. The highest BCUT2D eigenvalue weighted by Crippen LogP contribution is 2.29. The Bertz CT molecular complexity index is 764. The van der Waals surface area contributed by atoms with Gasteiger partial charge in [0.1, 0.15) is 5.76 Å². The third kappa shape index (κ3) is 3.44. The molecule has 1 atom stereocenters. The zero-order valence-corrected chi connectivity index (χ0v) is 13.5. The number of carbonyl (C=O) groups excluding carboxylic acids is 1. The number of aliphatic carboxylic acids is 1. The molecule has 1 aromatic heterocycles. The third-order valence-corrected chi connectivity index (χ3v) is 4.27. The van der Waals surface area contributed by atoms with Crippen LogP contribution in [0.25, 0.3) is 11.3 Å². The first kappa shape index (κ1) is 16.5. The predicted octanol–water partition coefficient (Wildman–Crippen LogP) is 2.96. The fraction of sp³-hybridized carbons (Fsp3) is 0.294. The Morgan fingerprint density at radius 3 is 2.71 bits per heavy atom. The van der Waals surface area contributed by atoms with E-state index in [1.165, 1.54) is 6.07 Å². The summed E-state index contributed by atoms with van der Waals surface area (Å²) in [5, 5.41) is 12.3. The molecule has 1 aliphatic heterocycles. The number of furan rings is 1. The Balaban J connectivity index is 1.79. The first-order valence-electron chi connectivity index (χ1n) is 7.46. The molecule has 0 saturated carbocycles. The molecular formula is C17H16ClNO5. The number of carboxylic acid groups (broad SMARTS) is 1. The molecule has 24 heavy (non-hydrogen) atoms. The van der Waals surface area contributed by atoms with Gasteiger partial charge in [-0.15, -0.1) is 0 Å². The molecule has 2 N–H and O–H groups in total. The van der Waals surface area contributed by atoms with Crippen molar-refractivity contribution < 1.29 is 23.8 Å². The summed E-state index contributed by atoms with van der Waals surface area (Å²) in [6, 6.07) is 10.3. The summed E-state index contributed by atoms with van der Waals surface area (Å²) in [6.07, 6.45) is 0.250. The molecule has 0 bridgehead atoms. The molecule has 7 heteroatoms. The van der Waals surface area contributed by atoms with Crippen molar-refractivity contribution in [3.05, 3.63) is 47.2 Å². The van der Waals surface area contributed by atoms with E-state index in [1.807, 2.05) is 6.07 Å². The third-order valence-electron chi connectivity index (χ3n) is 3.94. The Morgan fingerprint density at radius 2 is 2.04 bits per heavy atom. The summed E-state index contributed by atoms with van der Waals surface area (Å²) >= 11 is 6.12. The minimum atomic E-state index is -0.989. The van der Waals surface area contributed by atoms with Crippen molar-refractivity contribution in [3.8, 4) is 11.3 Å². The lowest BCUT2D eigenvalue weighted by Crippen LogP contribution is -2.50. The van der Waals surface area contributed by atoms with Crippen molar-refractivity contribution in [2.45, 2.75) is 18.4 Å². The largest absolute Gasteiger partial charge is 0.481 e. The highest BCUT2D eigenvalue weighted by Gasteiger charge is 2.39. The number of hydrogen-bond donors (Lipinski definition) is 2. The first-order valence-corrected chi connectivity index (χ1v) is 7.84. The molecule has 0 radical (unpaired) electrons. The summed E-state index contributed by atoms with van der Waals surface area (Å²) in [5.41, 5.74) is -0.219. The van der Waals surface area contributed by atoms with E-state index in [1.54, 1.807) is 24.3 Å². The average molecular weight is 350 g/mol. The van der Waals surface area contributed by atoms with Gasteiger partial charge in [0.2, 0.25) is 0 Å². The second-order valence-corrected chi connectivity index (χ2v) is 6.16. The van der Waals surface area contributed by atoms with E-state index in [0.29, 0.717) is 29.4 Å². The van der Waals surface area contributed by atoms with Crippen LogP contribution in [0.4, 0.5) is 0 Å². The van der Waals surface area contributed by atoms with Gasteiger partial charge in [0, 0.05) is 12.2 Å². The Kier molecular flexibility index (Phi) is 4.59. The molecule has 3 rings (SSSR count). The lowest BCUT2D eigenvalue weighted by Gasteiger charge is -2.26. The van der Waals surface area contributed by atoms with Gasteiger partial charge in [0.25, 0.3) is 5.91 Å². The van der Waals surface area contributed by atoms with E-state index in [4.69, 9.17) is 25.9 Å². The number of halogens is 1. The molecule has 1 amide bonds. The van der Waals surface area contributed by atoms with Crippen molar-refractivity contribution in [1.29, 1.82) is 0 Å². The SMILES string of the molecule is O=C(O)CC1(NC(=O)c2ccc(-c3ccccc3Cl)o2)CCOC1. The Hall–Kier alpha value is -2.31. The Labute approximate surface area is 143 Å². The maximum atomic E-state index is 12.4. The molecule has 2 aromatic rings. The van der Waals surface area contributed by atoms with Crippen LogP contribution in [0.5, 0.6) is 0 Å². The standard InChI is InChI=1S/C17H16ClNO5/c18-12-4-2-1-3-11(12)13-5-6-14(24-13)16(22)19-17(9-15(20)21)7-8-23-10-17/h1-6H,7-10H2,(H,19,22)(H,20,21). The van der Waals surface area contributed by atoms with Crippen LogP contribution in [0, 0.1) is 0 Å². The minimum absolute atomic E-state index is 0.0987. The van der Waals surface area contributed by atoms with Crippen LogP contribution >= 0.6 is 11.6 Å². The zero-order chi connectivity index (χ0) is 17.2. The fourth-order valence-electron chi connectivity index (χ4n) is 2.75. The fourth-order valence-corrected chi connectivity index (χ4v) is 2.98. The first-order chi connectivity index (χ1) is 11.5. The van der Waals surface area contributed by atoms with Crippen molar-refractivity contribution in [1.82, 2.24) is 5.32 Å². The van der Waals surface area contributed by atoms with Gasteiger partial charge in [-0.3, -0.25) is 9.59 Å². The van der Waals surface area contributed by atoms with E-state index in [9.17, 15) is 9.59 Å². The van der Waals surface area contributed by atoms with Crippen LogP contribution in [0.2, 0.25) is 5.02 Å². The van der Waals surface area contributed by atoms with Gasteiger partial charge in [-0.05, 0) is 30.7 Å². The molecule has 0 aliphatic carbocycles. The molecular weight excluding hydrogens is 334 g/mol. The molecule has 1 aliphatic rings. The topological polar surface area (TPSA) is 88.8 Å². The number of benzene rings is 1. The van der Waals surface area contributed by atoms with Crippen molar-refractivity contribution >= 4 is 23.5 Å². The smallest absolute Gasteiger partial charge is 0.305 e. The number of hydrogen-bond acceptors (Lipinski definition) is 4. The van der Waals surface area contributed by atoms with Gasteiger partial charge in [-0.1, -0.05) is 23.7 Å². The number of ether oxygens (including phenoxy) is 1. The summed E-state index contributed by atoms with van der Waals surface area (Å²) in [4.78, 5) is 23.5. The monoisotopic (exact) mass is 349 g/mol. The molecule has 1 fully saturated rings. The predicted molar refractivity (Wildman–Crippen MR) is 87.0 cm³/mol. The van der Waals surface area contributed by atoms with E-state index >= 15 is 0 Å². The van der Waals surface area contributed by atoms with Gasteiger partial charge in [-0.2, -0.15) is 0 Å². The number of amides is 1. The van der Waals surface area contributed by atoms with E-state index in [0.717, 1.165) is 0 Å². The average Bonchev–Trinajstić information content (AvgIpc) is 3.17. The zero-order valence-electron chi connectivity index (χ0n) is 12.8. The van der Waals surface area contributed by atoms with E-state index in [-0.39, 0.29) is 18.8 Å². The van der Waals surface area contributed by atoms with Gasteiger partial charge in [0.15, 0.2) is 5.76 Å². The summed E-state index contributed by atoms with van der Waals surface area (Å²) < 4.78 is 10.9. The maximum Gasteiger partial charge on any atom is 0.305 e. The van der Waals surface area contributed by atoms with Crippen molar-refractivity contribution in [3.63, 3.8) is 0 Å². The van der Waals surface area contributed by atoms with Crippen LogP contribution in [-0.4, -0.2) is 35.7 Å². The van der Waals surface area contributed by atoms with E-state index in [2.05, 4.69) is 5.32 Å². The van der Waals surface area contributed by atoms with Crippen LogP contribution < -0.4 is 5.32 Å². The Morgan fingerprint density at radius 1 is 1.25 bits per heavy atom. The van der Waals surface area contributed by atoms with Gasteiger partial charge in [-0.25, -0.2) is 0 Å². The van der Waals surface area contributed by atoms with Gasteiger partial charge in [0.05, 0.1) is 23.6 Å². The number of rotatable bonds is 5. The lowest BCUT2D eigenvalue weighted by molar-refractivity contribution is -0.138. The van der Waals surface area contributed by atoms with Crippen LogP contribution in [0.3, 0.4) is 0 Å². The highest BCUT2D eigenvalue weighted by molar-refractivity contribution is 6.33. The molecule has 6 nitrogen and oxygen atoms in total. The second kappa shape index (κ2) is 6.67. The van der Waals surface area contributed by atoms with Gasteiger partial charge >= 0.3 is 5.97 Å². The molecule has 1 aromatic carbocycles. The second-order valence-electron chi connectivity index (χ2n) is 5.75. The molecule has 1 saturated heterocycles. The molecule has 126 valence electrons. The van der Waals surface area contributed by atoms with Crippen LogP contribution in [0.15, 0.2) is 40.8 Å². The normalized spacial score (nSPS) is 20.0. The number of carboxylic acids is 1. The van der Waals surface area contributed by atoms with Crippen molar-refractivity contribution in [2.24, 2.45) is 0 Å². The summed E-state index contributed by atoms with van der Waals surface area (Å²) in [5.74, 6) is -0.889. The molecule has 2 heterocycles. The number of nitrogens with one attached hydrogen (secondary N) is 1. The van der Waals surface area contributed by atoms with E-state index < -0.39 is 17.4 Å². The van der Waals surface area contributed by atoms with Crippen LogP contribution in [-0.2, 0) is 9.53 Å². The van der Waals surface area contributed by atoms with Crippen LogP contribution in [0.1, 0.15) is 23.4 Å². The van der Waals surface area contributed by atoms with Crippen molar-refractivity contribution in [2.75, 3.05) is 13.2 Å². The quantitative estimate of drug-likeness (QED) is 0.866. The highest BCUT2D eigenvalue weighted by atomic mass is 35.5. The van der Waals surface area contributed by atoms with Gasteiger partial charge < -0.3 is 19.6 Å². The lowest BCUT2D eigenvalue weighted by atomic mass is 9.94. The summed E-state index contributed by atoms with van der Waals surface area (Å²) in [6.45, 7) is 0.583.